The Morgan fingerprint density at radius 2 is 2.00 bits per heavy atom. The highest BCUT2D eigenvalue weighted by molar-refractivity contribution is 5.94. The monoisotopic (exact) mass is 285 g/mol. The zero-order valence-electron chi connectivity index (χ0n) is 11.9. The van der Waals surface area contributed by atoms with Gasteiger partial charge < -0.3 is 10.4 Å². The lowest BCUT2D eigenvalue weighted by Gasteiger charge is -2.12. The van der Waals surface area contributed by atoms with E-state index in [0.717, 1.165) is 48.1 Å². The summed E-state index contributed by atoms with van der Waals surface area (Å²) in [5, 5.41) is 19.3. The van der Waals surface area contributed by atoms with Crippen LogP contribution in [0.2, 0.25) is 0 Å². The number of aliphatic hydroxyl groups is 1. The van der Waals surface area contributed by atoms with Crippen LogP contribution in [-0.2, 0) is 26.0 Å². The molecule has 21 heavy (non-hydrogen) atoms. The average Bonchev–Trinajstić information content (AvgIpc) is 2.97. The van der Waals surface area contributed by atoms with Crippen LogP contribution in [0.15, 0.2) is 24.3 Å². The van der Waals surface area contributed by atoms with Crippen molar-refractivity contribution in [2.24, 2.45) is 0 Å². The third kappa shape index (κ3) is 2.83. The molecule has 5 heteroatoms. The van der Waals surface area contributed by atoms with E-state index in [2.05, 4.69) is 15.5 Å². The molecule has 110 valence electrons. The van der Waals surface area contributed by atoms with Crippen molar-refractivity contribution in [3.63, 3.8) is 0 Å². The van der Waals surface area contributed by atoms with Gasteiger partial charge in [0.1, 0.15) is 0 Å². The summed E-state index contributed by atoms with van der Waals surface area (Å²) in [5.41, 5.74) is 4.45. The van der Waals surface area contributed by atoms with Gasteiger partial charge in [0.2, 0.25) is 0 Å². The van der Waals surface area contributed by atoms with E-state index in [-0.39, 0.29) is 12.5 Å². The van der Waals surface area contributed by atoms with Gasteiger partial charge in [0.25, 0.3) is 5.91 Å². The summed E-state index contributed by atoms with van der Waals surface area (Å²) in [4.78, 5) is 12.3. The predicted molar refractivity (Wildman–Crippen MR) is 78.8 cm³/mol. The van der Waals surface area contributed by atoms with Crippen molar-refractivity contribution in [3.05, 3.63) is 52.3 Å². The number of benzene rings is 1. The SMILES string of the molecule is O=C(NCc1ccccc1CO)c1n[nH]c2c1CCCC2. The molecule has 3 N–H and O–H groups in total. The molecule has 0 saturated carbocycles. The standard InChI is InChI=1S/C16H19N3O2/c20-10-12-6-2-1-5-11(12)9-17-16(21)15-13-7-3-4-8-14(13)18-19-15/h1-2,5-6,20H,3-4,7-10H2,(H,17,21)(H,18,19). The number of H-pyrrole nitrogens is 1. The van der Waals surface area contributed by atoms with Gasteiger partial charge in [0, 0.05) is 17.8 Å². The highest BCUT2D eigenvalue weighted by atomic mass is 16.3. The number of aromatic nitrogens is 2. The molecular weight excluding hydrogens is 266 g/mol. The first-order chi connectivity index (χ1) is 10.3. The molecule has 5 nitrogen and oxygen atoms in total. The Balaban J connectivity index is 1.71. The molecular formula is C16H19N3O2. The summed E-state index contributed by atoms with van der Waals surface area (Å²) in [5.74, 6) is -0.151. The number of nitrogens with zero attached hydrogens (tertiary/aromatic N) is 1. The van der Waals surface area contributed by atoms with Crippen LogP contribution in [0.4, 0.5) is 0 Å². The van der Waals surface area contributed by atoms with Crippen molar-refractivity contribution in [3.8, 4) is 0 Å². The fraction of sp³-hybridized carbons (Fsp3) is 0.375. The second-order valence-electron chi connectivity index (χ2n) is 5.35. The van der Waals surface area contributed by atoms with Gasteiger partial charge in [-0.1, -0.05) is 24.3 Å². The zero-order chi connectivity index (χ0) is 14.7. The van der Waals surface area contributed by atoms with Crippen molar-refractivity contribution < 1.29 is 9.90 Å². The summed E-state index contributed by atoms with van der Waals surface area (Å²) in [6.07, 6.45) is 4.16. The lowest BCUT2D eigenvalue weighted by atomic mass is 9.96. The summed E-state index contributed by atoms with van der Waals surface area (Å²) in [7, 11) is 0. The zero-order valence-corrected chi connectivity index (χ0v) is 11.9. The fourth-order valence-corrected chi connectivity index (χ4v) is 2.81. The summed E-state index contributed by atoms with van der Waals surface area (Å²) in [6.45, 7) is 0.376. The molecule has 0 atom stereocenters. The smallest absolute Gasteiger partial charge is 0.272 e. The first-order valence-corrected chi connectivity index (χ1v) is 7.31. The second-order valence-corrected chi connectivity index (χ2v) is 5.35. The number of carbonyl (C=O) groups excluding carboxylic acids is 1. The number of aromatic amines is 1. The fourth-order valence-electron chi connectivity index (χ4n) is 2.81. The van der Waals surface area contributed by atoms with Gasteiger partial charge in [-0.25, -0.2) is 0 Å². The van der Waals surface area contributed by atoms with Crippen LogP contribution in [0.1, 0.15) is 45.7 Å². The molecule has 2 aromatic rings. The molecule has 0 saturated heterocycles. The van der Waals surface area contributed by atoms with Crippen molar-refractivity contribution in [1.82, 2.24) is 15.5 Å². The van der Waals surface area contributed by atoms with Gasteiger partial charge in [-0.15, -0.1) is 0 Å². The number of fused-ring (bicyclic) bond motifs is 1. The first kappa shape index (κ1) is 13.8. The molecule has 0 spiro atoms. The number of amides is 1. The van der Waals surface area contributed by atoms with Crippen LogP contribution in [0.5, 0.6) is 0 Å². The molecule has 0 aliphatic heterocycles. The average molecular weight is 285 g/mol. The highest BCUT2D eigenvalue weighted by Crippen LogP contribution is 2.22. The topological polar surface area (TPSA) is 78.0 Å². The maximum Gasteiger partial charge on any atom is 0.272 e. The van der Waals surface area contributed by atoms with Crippen LogP contribution in [-0.4, -0.2) is 21.2 Å². The molecule has 0 unspecified atom stereocenters. The van der Waals surface area contributed by atoms with Gasteiger partial charge >= 0.3 is 0 Å². The van der Waals surface area contributed by atoms with Crippen molar-refractivity contribution in [1.29, 1.82) is 0 Å². The van der Waals surface area contributed by atoms with Gasteiger partial charge in [-0.3, -0.25) is 9.89 Å². The number of rotatable bonds is 4. The van der Waals surface area contributed by atoms with E-state index in [0.29, 0.717) is 12.2 Å². The Hall–Kier alpha value is -2.14. The summed E-state index contributed by atoms with van der Waals surface area (Å²) in [6, 6.07) is 7.54. The lowest BCUT2D eigenvalue weighted by molar-refractivity contribution is 0.0944. The Kier molecular flexibility index (Phi) is 4.01. The Bertz CT molecular complexity index is 649. The predicted octanol–water partition coefficient (Wildman–Crippen LogP) is 1.71. The number of carbonyl (C=O) groups is 1. The number of aliphatic hydroxyl groups excluding tert-OH is 1. The Morgan fingerprint density at radius 1 is 1.24 bits per heavy atom. The molecule has 1 aliphatic rings. The molecule has 0 fully saturated rings. The van der Waals surface area contributed by atoms with Crippen LogP contribution < -0.4 is 5.32 Å². The van der Waals surface area contributed by atoms with Gasteiger partial charge in [0.05, 0.1) is 6.61 Å². The quantitative estimate of drug-likeness (QED) is 0.800. The minimum atomic E-state index is -0.151. The minimum absolute atomic E-state index is 0.0240. The Labute approximate surface area is 123 Å². The molecule has 1 aliphatic carbocycles. The van der Waals surface area contributed by atoms with Crippen molar-refractivity contribution in [2.45, 2.75) is 38.8 Å². The van der Waals surface area contributed by atoms with E-state index in [9.17, 15) is 9.90 Å². The minimum Gasteiger partial charge on any atom is -0.392 e. The normalized spacial score (nSPS) is 13.8. The molecule has 0 radical (unpaired) electrons. The Morgan fingerprint density at radius 3 is 2.81 bits per heavy atom. The third-order valence-corrected chi connectivity index (χ3v) is 4.00. The van der Waals surface area contributed by atoms with Gasteiger partial charge in [-0.2, -0.15) is 5.10 Å². The number of nitrogens with one attached hydrogen (secondary N) is 2. The number of hydrogen-bond donors (Lipinski definition) is 3. The second kappa shape index (κ2) is 6.10. The van der Waals surface area contributed by atoms with E-state index >= 15 is 0 Å². The van der Waals surface area contributed by atoms with Crippen LogP contribution in [0, 0.1) is 0 Å². The first-order valence-electron chi connectivity index (χ1n) is 7.31. The van der Waals surface area contributed by atoms with E-state index in [1.807, 2.05) is 24.3 Å². The highest BCUT2D eigenvalue weighted by Gasteiger charge is 2.21. The van der Waals surface area contributed by atoms with E-state index in [4.69, 9.17) is 0 Å². The molecule has 1 aromatic carbocycles. The van der Waals surface area contributed by atoms with Crippen LogP contribution in [0.3, 0.4) is 0 Å². The van der Waals surface area contributed by atoms with Gasteiger partial charge in [-0.05, 0) is 36.8 Å². The third-order valence-electron chi connectivity index (χ3n) is 4.00. The molecule has 1 aromatic heterocycles. The van der Waals surface area contributed by atoms with E-state index in [1.165, 1.54) is 0 Å². The summed E-state index contributed by atoms with van der Waals surface area (Å²) < 4.78 is 0. The maximum absolute atomic E-state index is 12.3. The van der Waals surface area contributed by atoms with Crippen LogP contribution >= 0.6 is 0 Å². The number of hydrogen-bond acceptors (Lipinski definition) is 3. The van der Waals surface area contributed by atoms with E-state index in [1.54, 1.807) is 0 Å². The maximum atomic E-state index is 12.3. The molecule has 3 rings (SSSR count). The van der Waals surface area contributed by atoms with Crippen molar-refractivity contribution in [2.75, 3.05) is 0 Å². The van der Waals surface area contributed by atoms with Crippen molar-refractivity contribution >= 4 is 5.91 Å². The van der Waals surface area contributed by atoms with Crippen LogP contribution in [0.25, 0.3) is 0 Å². The van der Waals surface area contributed by atoms with E-state index < -0.39 is 0 Å². The van der Waals surface area contributed by atoms with Gasteiger partial charge in [0.15, 0.2) is 5.69 Å². The largest absolute Gasteiger partial charge is 0.392 e. The lowest BCUT2D eigenvalue weighted by Crippen LogP contribution is -2.25. The summed E-state index contributed by atoms with van der Waals surface area (Å²) >= 11 is 0. The molecule has 0 bridgehead atoms. The number of aryl methyl sites for hydroxylation is 1. The molecule has 1 heterocycles. The molecule has 1 amide bonds.